The number of benzene rings is 1. The second-order valence-electron chi connectivity index (χ2n) is 7.77. The standard InChI is InChI=1S/C21H26F3N5/c1-3-20-26-10-15(11-27-20)28-8-6-16-17(13-28)19(5-4-18(16)21(22,23)24)29-9-7-25-14(2)12-29/h4-5,10-11,14,25H,3,6-9,12-13H2,1-2H3/t14-/m1/s1. The SMILES string of the molecule is CCc1ncc(N2CCc3c(C(F)(F)F)ccc(N4CCN[C@H](C)C4)c3C2)cn1. The molecular weight excluding hydrogens is 379 g/mol. The second-order valence-corrected chi connectivity index (χ2v) is 7.77. The Balaban J connectivity index is 1.72. The number of halogens is 3. The van der Waals surface area contributed by atoms with Crippen LogP contribution in [0, 0.1) is 0 Å². The molecule has 2 aliphatic heterocycles. The van der Waals surface area contributed by atoms with Crippen LogP contribution >= 0.6 is 0 Å². The quantitative estimate of drug-likeness (QED) is 0.848. The van der Waals surface area contributed by atoms with E-state index in [2.05, 4.69) is 32.0 Å². The molecule has 0 radical (unpaired) electrons. The van der Waals surface area contributed by atoms with Crippen LogP contribution in [0.25, 0.3) is 0 Å². The highest BCUT2D eigenvalue weighted by Crippen LogP contribution is 2.40. The molecular formula is C21H26F3N5. The van der Waals surface area contributed by atoms with Gasteiger partial charge in [0.05, 0.1) is 23.6 Å². The van der Waals surface area contributed by atoms with E-state index in [1.54, 1.807) is 18.5 Å². The van der Waals surface area contributed by atoms with E-state index in [4.69, 9.17) is 0 Å². The molecule has 1 aromatic carbocycles. The molecule has 1 atom stereocenters. The van der Waals surface area contributed by atoms with Gasteiger partial charge in [0.15, 0.2) is 0 Å². The maximum atomic E-state index is 13.7. The highest BCUT2D eigenvalue weighted by atomic mass is 19.4. The first-order chi connectivity index (χ1) is 13.9. The number of rotatable bonds is 3. The third-order valence-corrected chi connectivity index (χ3v) is 5.78. The number of aryl methyl sites for hydroxylation is 1. The first-order valence-electron chi connectivity index (χ1n) is 10.1. The first-order valence-corrected chi connectivity index (χ1v) is 10.1. The first kappa shape index (κ1) is 19.9. The lowest BCUT2D eigenvalue weighted by atomic mass is 9.91. The minimum atomic E-state index is -4.34. The van der Waals surface area contributed by atoms with Gasteiger partial charge in [-0.25, -0.2) is 9.97 Å². The summed E-state index contributed by atoms with van der Waals surface area (Å²) in [6, 6.07) is 3.21. The molecule has 0 bridgehead atoms. The van der Waals surface area contributed by atoms with Crippen LogP contribution in [0.2, 0.25) is 0 Å². The Labute approximate surface area is 168 Å². The normalized spacial score (nSPS) is 20.0. The molecule has 1 aromatic heterocycles. The van der Waals surface area contributed by atoms with E-state index in [9.17, 15) is 13.2 Å². The molecule has 4 rings (SSSR count). The molecule has 0 amide bonds. The molecule has 1 N–H and O–H groups in total. The highest BCUT2D eigenvalue weighted by molar-refractivity contribution is 5.63. The summed E-state index contributed by atoms with van der Waals surface area (Å²) < 4.78 is 41.0. The molecule has 0 spiro atoms. The van der Waals surface area contributed by atoms with Crippen molar-refractivity contribution in [1.82, 2.24) is 15.3 Å². The monoisotopic (exact) mass is 405 g/mol. The lowest BCUT2D eigenvalue weighted by Crippen LogP contribution is -2.50. The van der Waals surface area contributed by atoms with E-state index in [0.717, 1.165) is 48.8 Å². The molecule has 0 saturated carbocycles. The molecule has 29 heavy (non-hydrogen) atoms. The van der Waals surface area contributed by atoms with Crippen LogP contribution in [-0.4, -0.2) is 42.2 Å². The van der Waals surface area contributed by atoms with Crippen molar-refractivity contribution in [3.8, 4) is 0 Å². The Kier molecular flexibility index (Phi) is 5.38. The van der Waals surface area contributed by atoms with Crippen LogP contribution in [-0.2, 0) is 25.6 Å². The number of fused-ring (bicyclic) bond motifs is 1. The number of hydrogen-bond donors (Lipinski definition) is 1. The van der Waals surface area contributed by atoms with Gasteiger partial charge in [-0.05, 0) is 36.6 Å². The van der Waals surface area contributed by atoms with Crippen LogP contribution in [0.4, 0.5) is 24.5 Å². The number of alkyl halides is 3. The fourth-order valence-electron chi connectivity index (χ4n) is 4.29. The third-order valence-electron chi connectivity index (χ3n) is 5.78. The van der Waals surface area contributed by atoms with Gasteiger partial charge in [0, 0.05) is 50.9 Å². The number of aromatic nitrogens is 2. The lowest BCUT2D eigenvalue weighted by Gasteiger charge is -2.39. The number of nitrogens with zero attached hydrogens (tertiary/aromatic N) is 4. The summed E-state index contributed by atoms with van der Waals surface area (Å²) in [6.45, 7) is 7.44. The Morgan fingerprint density at radius 3 is 2.52 bits per heavy atom. The summed E-state index contributed by atoms with van der Waals surface area (Å²) in [5, 5.41) is 3.39. The largest absolute Gasteiger partial charge is 0.416 e. The van der Waals surface area contributed by atoms with Crippen LogP contribution in [0.5, 0.6) is 0 Å². The predicted octanol–water partition coefficient (Wildman–Crippen LogP) is 3.42. The van der Waals surface area contributed by atoms with Crippen LogP contribution in [0.15, 0.2) is 24.5 Å². The fraction of sp³-hybridized carbons (Fsp3) is 0.524. The number of anilines is 2. The average Bonchev–Trinajstić information content (AvgIpc) is 2.72. The zero-order valence-electron chi connectivity index (χ0n) is 16.8. The van der Waals surface area contributed by atoms with E-state index in [1.165, 1.54) is 6.07 Å². The van der Waals surface area contributed by atoms with Crippen molar-refractivity contribution in [2.24, 2.45) is 0 Å². The molecule has 156 valence electrons. The summed E-state index contributed by atoms with van der Waals surface area (Å²) in [5.74, 6) is 0.765. The van der Waals surface area contributed by atoms with E-state index >= 15 is 0 Å². The van der Waals surface area contributed by atoms with Crippen LogP contribution in [0.3, 0.4) is 0 Å². The second kappa shape index (κ2) is 7.82. The van der Waals surface area contributed by atoms with Gasteiger partial charge in [0.1, 0.15) is 5.82 Å². The molecule has 1 saturated heterocycles. The van der Waals surface area contributed by atoms with Crippen molar-refractivity contribution in [3.05, 3.63) is 47.0 Å². The van der Waals surface area contributed by atoms with Gasteiger partial charge in [-0.2, -0.15) is 13.2 Å². The molecule has 2 aromatic rings. The molecule has 1 fully saturated rings. The van der Waals surface area contributed by atoms with Gasteiger partial charge in [0.2, 0.25) is 0 Å². The van der Waals surface area contributed by atoms with Crippen molar-refractivity contribution in [3.63, 3.8) is 0 Å². The molecule has 0 aliphatic carbocycles. The van der Waals surface area contributed by atoms with Crippen LogP contribution in [0.1, 0.15) is 36.4 Å². The Bertz CT molecular complexity index is 866. The molecule has 8 heteroatoms. The topological polar surface area (TPSA) is 44.3 Å². The maximum absolute atomic E-state index is 13.7. The van der Waals surface area contributed by atoms with Gasteiger partial charge in [-0.3, -0.25) is 0 Å². The molecule has 3 heterocycles. The summed E-state index contributed by atoms with van der Waals surface area (Å²) in [7, 11) is 0. The highest BCUT2D eigenvalue weighted by Gasteiger charge is 2.37. The number of piperazine rings is 1. The smallest absolute Gasteiger partial charge is 0.368 e. The minimum Gasteiger partial charge on any atom is -0.368 e. The Morgan fingerprint density at radius 1 is 1.10 bits per heavy atom. The molecule has 0 unspecified atom stereocenters. The molecule has 5 nitrogen and oxygen atoms in total. The average molecular weight is 405 g/mol. The van der Waals surface area contributed by atoms with Crippen molar-refractivity contribution in [1.29, 1.82) is 0 Å². The fourth-order valence-corrected chi connectivity index (χ4v) is 4.29. The summed E-state index contributed by atoms with van der Waals surface area (Å²) in [4.78, 5) is 13.0. The summed E-state index contributed by atoms with van der Waals surface area (Å²) >= 11 is 0. The van der Waals surface area contributed by atoms with Crippen molar-refractivity contribution in [2.75, 3.05) is 36.0 Å². The zero-order valence-corrected chi connectivity index (χ0v) is 16.8. The van der Waals surface area contributed by atoms with E-state index < -0.39 is 11.7 Å². The third kappa shape index (κ3) is 4.03. The number of hydrogen-bond acceptors (Lipinski definition) is 5. The van der Waals surface area contributed by atoms with Gasteiger partial charge in [0.25, 0.3) is 0 Å². The Hall–Kier alpha value is -2.35. The van der Waals surface area contributed by atoms with E-state index in [1.807, 2.05) is 6.92 Å². The van der Waals surface area contributed by atoms with E-state index in [-0.39, 0.29) is 0 Å². The van der Waals surface area contributed by atoms with Crippen molar-refractivity contribution < 1.29 is 13.2 Å². The predicted molar refractivity (Wildman–Crippen MR) is 107 cm³/mol. The van der Waals surface area contributed by atoms with Gasteiger partial charge < -0.3 is 15.1 Å². The van der Waals surface area contributed by atoms with Gasteiger partial charge in [-0.1, -0.05) is 6.92 Å². The summed E-state index contributed by atoms with van der Waals surface area (Å²) in [5.41, 5.74) is 2.47. The maximum Gasteiger partial charge on any atom is 0.416 e. The van der Waals surface area contributed by atoms with E-state index in [0.29, 0.717) is 31.1 Å². The zero-order chi connectivity index (χ0) is 20.6. The number of nitrogens with one attached hydrogen (secondary N) is 1. The van der Waals surface area contributed by atoms with Crippen molar-refractivity contribution in [2.45, 2.75) is 45.5 Å². The Morgan fingerprint density at radius 2 is 1.86 bits per heavy atom. The lowest BCUT2D eigenvalue weighted by molar-refractivity contribution is -0.138. The summed E-state index contributed by atoms with van der Waals surface area (Å²) in [6.07, 6.45) is 0.319. The molecule has 2 aliphatic rings. The minimum absolute atomic E-state index is 0.302. The van der Waals surface area contributed by atoms with Crippen molar-refractivity contribution >= 4 is 11.4 Å². The van der Waals surface area contributed by atoms with Gasteiger partial charge in [-0.15, -0.1) is 0 Å². The van der Waals surface area contributed by atoms with Gasteiger partial charge >= 0.3 is 6.18 Å². The van der Waals surface area contributed by atoms with Crippen LogP contribution < -0.4 is 15.1 Å².